The Bertz CT molecular complexity index is 296. The second-order valence-corrected chi connectivity index (χ2v) is 2.41. The van der Waals surface area contributed by atoms with Gasteiger partial charge >= 0.3 is 5.97 Å². The van der Waals surface area contributed by atoms with Gasteiger partial charge in [0.15, 0.2) is 0 Å². The maximum absolute atomic E-state index is 10.3. The first kappa shape index (κ1) is 8.53. The topological polar surface area (TPSA) is 37.0 Å². The maximum atomic E-state index is 10.3. The minimum Gasteiger partial charge on any atom is -0.242 e. The summed E-state index contributed by atoms with van der Waals surface area (Å²) in [6.07, 6.45) is 3.80. The lowest BCUT2D eigenvalue weighted by molar-refractivity contribution is 0.0573. The van der Waals surface area contributed by atoms with E-state index in [2.05, 4.69) is 0 Å². The van der Waals surface area contributed by atoms with Gasteiger partial charge in [-0.3, -0.25) is 0 Å². The molecule has 1 aromatic rings. The van der Waals surface area contributed by atoms with Crippen LogP contribution in [0.25, 0.3) is 6.08 Å². The molecule has 61 valence electrons. The smallest absolute Gasteiger partial charge is 0.242 e. The van der Waals surface area contributed by atoms with Gasteiger partial charge in [-0.15, -0.1) is 0 Å². The van der Waals surface area contributed by atoms with Crippen LogP contribution in [0.2, 0.25) is 0 Å². The Balaban J connectivity index is 2.93. The lowest BCUT2D eigenvalue weighted by Crippen LogP contribution is -1.92. The van der Waals surface area contributed by atoms with Crippen molar-refractivity contribution in [3.8, 4) is 0 Å². The van der Waals surface area contributed by atoms with Crippen LogP contribution in [-0.2, 0) is 5.11 Å². The minimum atomic E-state index is -1.14. The number of hydrogen-bond acceptors (Lipinski definition) is 1. The predicted molar refractivity (Wildman–Crippen MR) is 46.2 cm³/mol. The van der Waals surface area contributed by atoms with E-state index in [1.807, 2.05) is 19.1 Å². The summed E-state index contributed by atoms with van der Waals surface area (Å²) in [6, 6.07) is 6.55. The maximum Gasteiger partial charge on any atom is 0.386 e. The normalized spacial score (nSPS) is 10.4. The summed E-state index contributed by atoms with van der Waals surface area (Å²) in [6.45, 7) is 1.91. The van der Waals surface area contributed by atoms with Gasteiger partial charge in [0, 0.05) is 0 Å². The summed E-state index contributed by atoms with van der Waals surface area (Å²) >= 11 is 0. The zero-order chi connectivity index (χ0) is 8.97. The highest BCUT2D eigenvalue weighted by Crippen LogP contribution is 2.05. The average Bonchev–Trinajstić information content (AvgIpc) is 2.06. The van der Waals surface area contributed by atoms with Crippen molar-refractivity contribution in [1.29, 1.82) is 0 Å². The molecule has 0 spiro atoms. The molecule has 0 N–H and O–H groups in total. The molecule has 1 aromatic carbocycles. The van der Waals surface area contributed by atoms with Gasteiger partial charge in [-0.05, 0) is 24.6 Å². The van der Waals surface area contributed by atoms with Gasteiger partial charge in [0.05, 0.1) is 5.56 Å². The number of benzene rings is 1. The third-order valence-corrected chi connectivity index (χ3v) is 1.51. The van der Waals surface area contributed by atoms with Gasteiger partial charge in [-0.2, -0.15) is 0 Å². The largest absolute Gasteiger partial charge is 0.386 e. The number of carbonyl (C=O) groups excluding carboxylic acids is 1. The summed E-state index contributed by atoms with van der Waals surface area (Å²) < 4.78 is 0. The van der Waals surface area contributed by atoms with Gasteiger partial charge in [0.25, 0.3) is 0 Å². The molecule has 0 fully saturated rings. The second-order valence-electron chi connectivity index (χ2n) is 2.41. The highest BCUT2D eigenvalue weighted by molar-refractivity contribution is 5.87. The van der Waals surface area contributed by atoms with E-state index >= 15 is 0 Å². The van der Waals surface area contributed by atoms with Crippen LogP contribution in [-0.4, -0.2) is 5.97 Å². The first-order chi connectivity index (χ1) is 5.74. The summed E-state index contributed by atoms with van der Waals surface area (Å²) in [7, 11) is 0. The predicted octanol–water partition coefficient (Wildman–Crippen LogP) is 2.29. The second kappa shape index (κ2) is 3.72. The zero-order valence-electron chi connectivity index (χ0n) is 6.78. The fraction of sp³-hybridized carbons (Fsp3) is 0.100. The molecule has 0 aliphatic rings. The third kappa shape index (κ3) is 1.95. The van der Waals surface area contributed by atoms with Crippen molar-refractivity contribution < 1.29 is 9.90 Å². The average molecular weight is 161 g/mol. The molecule has 0 aromatic heterocycles. The first-order valence-electron chi connectivity index (χ1n) is 3.68. The third-order valence-electron chi connectivity index (χ3n) is 1.51. The molecule has 0 aliphatic heterocycles. The molecular weight excluding hydrogens is 152 g/mol. The Labute approximate surface area is 71.2 Å². The number of rotatable bonds is 2. The van der Waals surface area contributed by atoms with Crippen LogP contribution in [0.15, 0.2) is 30.3 Å². The molecule has 0 heterocycles. The molecule has 0 atom stereocenters. The number of allylic oxidation sites excluding steroid dienone is 1. The van der Waals surface area contributed by atoms with Crippen LogP contribution in [0.5, 0.6) is 0 Å². The first-order valence-corrected chi connectivity index (χ1v) is 3.68. The van der Waals surface area contributed by atoms with Gasteiger partial charge in [0.1, 0.15) is 0 Å². The van der Waals surface area contributed by atoms with Crippen LogP contribution in [0, 0.1) is 0 Å². The zero-order valence-corrected chi connectivity index (χ0v) is 6.78. The lowest BCUT2D eigenvalue weighted by atomic mass is 10.1. The Morgan fingerprint density at radius 1 is 1.25 bits per heavy atom. The Hall–Kier alpha value is -1.57. The lowest BCUT2D eigenvalue weighted by Gasteiger charge is -1.93. The van der Waals surface area contributed by atoms with Gasteiger partial charge < -0.3 is 0 Å². The van der Waals surface area contributed by atoms with Crippen molar-refractivity contribution in [2.24, 2.45) is 0 Å². The van der Waals surface area contributed by atoms with Crippen LogP contribution in [0.1, 0.15) is 22.8 Å². The molecule has 0 amide bonds. The van der Waals surface area contributed by atoms with Gasteiger partial charge in [-0.25, -0.2) is 9.90 Å². The number of hydrogen-bond donors (Lipinski definition) is 0. The van der Waals surface area contributed by atoms with Crippen LogP contribution in [0.3, 0.4) is 0 Å². The summed E-state index contributed by atoms with van der Waals surface area (Å²) in [5.41, 5.74) is 1.20. The van der Waals surface area contributed by atoms with Crippen molar-refractivity contribution >= 4 is 12.0 Å². The van der Waals surface area contributed by atoms with E-state index in [0.717, 1.165) is 5.56 Å². The molecule has 0 saturated carbocycles. The molecule has 0 unspecified atom stereocenters. The molecule has 0 saturated heterocycles. The van der Waals surface area contributed by atoms with Gasteiger partial charge in [0.2, 0.25) is 0 Å². The Morgan fingerprint density at radius 2 is 1.83 bits per heavy atom. The highest BCUT2D eigenvalue weighted by Gasteiger charge is 2.02. The van der Waals surface area contributed by atoms with Crippen molar-refractivity contribution in [1.82, 2.24) is 0 Å². The van der Waals surface area contributed by atoms with E-state index < -0.39 is 5.97 Å². The molecule has 1 radical (unpaired) electrons. The van der Waals surface area contributed by atoms with Crippen molar-refractivity contribution in [3.63, 3.8) is 0 Å². The van der Waals surface area contributed by atoms with Gasteiger partial charge in [-0.1, -0.05) is 24.3 Å². The molecule has 2 nitrogen and oxygen atoms in total. The summed E-state index contributed by atoms with van der Waals surface area (Å²) in [5.74, 6) is -1.14. The van der Waals surface area contributed by atoms with E-state index in [1.54, 1.807) is 12.1 Å². The minimum absolute atomic E-state index is 0.211. The number of carbonyl (C=O) groups is 1. The van der Waals surface area contributed by atoms with Crippen LogP contribution >= 0.6 is 0 Å². The van der Waals surface area contributed by atoms with E-state index in [4.69, 9.17) is 0 Å². The molecule has 2 heteroatoms. The monoisotopic (exact) mass is 161 g/mol. The van der Waals surface area contributed by atoms with E-state index in [9.17, 15) is 9.90 Å². The van der Waals surface area contributed by atoms with E-state index in [0.29, 0.717) is 0 Å². The highest BCUT2D eigenvalue weighted by atomic mass is 16.4. The van der Waals surface area contributed by atoms with Crippen molar-refractivity contribution in [2.75, 3.05) is 0 Å². The summed E-state index contributed by atoms with van der Waals surface area (Å²) in [5, 5.41) is 10.3. The van der Waals surface area contributed by atoms with E-state index in [-0.39, 0.29) is 5.56 Å². The van der Waals surface area contributed by atoms with Crippen LogP contribution in [0.4, 0.5) is 0 Å². The van der Waals surface area contributed by atoms with Crippen molar-refractivity contribution in [2.45, 2.75) is 6.92 Å². The summed E-state index contributed by atoms with van der Waals surface area (Å²) in [4.78, 5) is 10.3. The standard InChI is InChI=1S/C10H9O2/c1-2-3-8-4-6-9(7-5-8)10(11)12/h2-7H,1H3/b3-2+. The molecule has 0 aliphatic carbocycles. The van der Waals surface area contributed by atoms with E-state index in [1.165, 1.54) is 12.1 Å². The van der Waals surface area contributed by atoms with Crippen molar-refractivity contribution in [3.05, 3.63) is 41.5 Å². The SMILES string of the molecule is C/C=C/c1ccc(C([O])=O)cc1. The molecule has 12 heavy (non-hydrogen) atoms. The Kier molecular flexibility index (Phi) is 2.64. The van der Waals surface area contributed by atoms with Crippen LogP contribution < -0.4 is 0 Å². The fourth-order valence-corrected chi connectivity index (χ4v) is 0.923. The Morgan fingerprint density at radius 3 is 2.25 bits per heavy atom. The molecule has 0 bridgehead atoms. The molecular formula is C10H9O2. The molecule has 1 rings (SSSR count). The quantitative estimate of drug-likeness (QED) is 0.655. The fourth-order valence-electron chi connectivity index (χ4n) is 0.923.